The summed E-state index contributed by atoms with van der Waals surface area (Å²) < 4.78 is 0. The first-order valence-corrected chi connectivity index (χ1v) is 12.4. The minimum absolute atomic E-state index is 0.0596. The minimum atomic E-state index is -0.253. The molecule has 6 nitrogen and oxygen atoms in total. The Morgan fingerprint density at radius 1 is 0.774 bits per heavy atom. The standard InChI is InChI=1S/C25H45N3O3/c1-24(30)27(21-16-22-28(23-29)25(2)31)20-15-19-26-17-13-11-9-7-5-3-4-6-8-10-12-14-18-26/h5,7,23H,3-4,6,8-22H2,1-2H3. The Balaban J connectivity index is 2.40. The van der Waals surface area contributed by atoms with E-state index in [1.54, 1.807) is 6.92 Å². The number of allylic oxidation sites excluding steroid dienone is 2. The maximum atomic E-state index is 12.0. The number of carbonyl (C=O) groups is 3. The van der Waals surface area contributed by atoms with Gasteiger partial charge in [-0.3, -0.25) is 19.3 Å². The normalized spacial score (nSPS) is 17.4. The first-order valence-electron chi connectivity index (χ1n) is 12.4. The molecule has 0 spiro atoms. The number of imide groups is 1. The van der Waals surface area contributed by atoms with Gasteiger partial charge < -0.3 is 9.80 Å². The van der Waals surface area contributed by atoms with Crippen LogP contribution in [0, 0.1) is 0 Å². The Kier molecular flexibility index (Phi) is 15.8. The van der Waals surface area contributed by atoms with Crippen molar-refractivity contribution in [1.82, 2.24) is 14.7 Å². The lowest BCUT2D eigenvalue weighted by Crippen LogP contribution is -2.36. The summed E-state index contributed by atoms with van der Waals surface area (Å²) in [6.07, 6.45) is 19.7. The molecule has 1 rings (SSSR count). The van der Waals surface area contributed by atoms with Crippen LogP contribution in [0.4, 0.5) is 0 Å². The van der Waals surface area contributed by atoms with Crippen LogP contribution in [-0.2, 0) is 14.4 Å². The van der Waals surface area contributed by atoms with Gasteiger partial charge in [0, 0.05) is 33.5 Å². The highest BCUT2D eigenvalue weighted by Gasteiger charge is 2.12. The molecule has 0 saturated carbocycles. The van der Waals surface area contributed by atoms with Gasteiger partial charge in [0.1, 0.15) is 0 Å². The average molecular weight is 436 g/mol. The van der Waals surface area contributed by atoms with Crippen molar-refractivity contribution < 1.29 is 14.4 Å². The summed E-state index contributed by atoms with van der Waals surface area (Å²) in [5, 5.41) is 0. The van der Waals surface area contributed by atoms with E-state index in [0.29, 0.717) is 25.9 Å². The number of rotatable bonds is 9. The molecule has 1 aliphatic rings. The van der Waals surface area contributed by atoms with Gasteiger partial charge in [-0.2, -0.15) is 0 Å². The maximum absolute atomic E-state index is 12.0. The second-order valence-corrected chi connectivity index (χ2v) is 8.75. The molecule has 0 saturated heterocycles. The van der Waals surface area contributed by atoms with Crippen LogP contribution >= 0.6 is 0 Å². The van der Waals surface area contributed by atoms with E-state index in [1.165, 1.54) is 71.1 Å². The third-order valence-corrected chi connectivity index (χ3v) is 6.06. The van der Waals surface area contributed by atoms with Crippen LogP contribution in [0.1, 0.15) is 90.9 Å². The highest BCUT2D eigenvalue weighted by molar-refractivity contribution is 5.84. The number of hydrogen-bond donors (Lipinski definition) is 0. The van der Waals surface area contributed by atoms with Gasteiger partial charge in [0.15, 0.2) is 0 Å². The van der Waals surface area contributed by atoms with Crippen LogP contribution in [0.15, 0.2) is 12.2 Å². The Bertz CT molecular complexity index is 536. The number of nitrogens with zero attached hydrogens (tertiary/aromatic N) is 3. The molecule has 0 N–H and O–H groups in total. The van der Waals surface area contributed by atoms with Crippen molar-refractivity contribution in [3.63, 3.8) is 0 Å². The molecule has 6 heteroatoms. The van der Waals surface area contributed by atoms with Crippen LogP contribution in [0.3, 0.4) is 0 Å². The highest BCUT2D eigenvalue weighted by Crippen LogP contribution is 2.11. The summed E-state index contributed by atoms with van der Waals surface area (Å²) >= 11 is 0. The molecular formula is C25H45N3O3. The van der Waals surface area contributed by atoms with E-state index >= 15 is 0 Å². The van der Waals surface area contributed by atoms with Crippen LogP contribution in [0.5, 0.6) is 0 Å². The fourth-order valence-electron chi connectivity index (χ4n) is 4.10. The van der Waals surface area contributed by atoms with E-state index in [0.717, 1.165) is 37.5 Å². The van der Waals surface area contributed by atoms with E-state index in [4.69, 9.17) is 0 Å². The fourth-order valence-corrected chi connectivity index (χ4v) is 4.10. The van der Waals surface area contributed by atoms with Crippen molar-refractivity contribution >= 4 is 18.2 Å². The van der Waals surface area contributed by atoms with Crippen LogP contribution in [-0.4, -0.2) is 72.2 Å². The van der Waals surface area contributed by atoms with E-state index < -0.39 is 0 Å². The van der Waals surface area contributed by atoms with Gasteiger partial charge in [0.25, 0.3) is 0 Å². The molecule has 3 amide bonds. The third-order valence-electron chi connectivity index (χ3n) is 6.06. The summed E-state index contributed by atoms with van der Waals surface area (Å²) in [6, 6.07) is 0. The Hall–Kier alpha value is -1.69. The quantitative estimate of drug-likeness (QED) is 0.398. The molecule has 0 unspecified atom stereocenters. The van der Waals surface area contributed by atoms with Crippen molar-refractivity contribution in [2.24, 2.45) is 0 Å². The molecule has 0 radical (unpaired) electrons. The van der Waals surface area contributed by atoms with Gasteiger partial charge in [-0.05, 0) is 71.0 Å². The first-order chi connectivity index (χ1) is 15.0. The van der Waals surface area contributed by atoms with Crippen molar-refractivity contribution in [3.05, 3.63) is 12.2 Å². The van der Waals surface area contributed by atoms with Gasteiger partial charge in [0.2, 0.25) is 18.2 Å². The van der Waals surface area contributed by atoms with Crippen LogP contribution in [0.2, 0.25) is 0 Å². The second kappa shape index (κ2) is 17.9. The SMILES string of the molecule is CC(=O)N(C=O)CCCN(CCCN1CCCCC=CCCCCCCCC1)C(C)=O. The fraction of sp³-hybridized carbons (Fsp3) is 0.800. The molecule has 178 valence electrons. The van der Waals surface area contributed by atoms with E-state index in [9.17, 15) is 14.4 Å². The van der Waals surface area contributed by atoms with Crippen molar-refractivity contribution in [2.45, 2.75) is 90.9 Å². The molecule has 0 fully saturated rings. The molecule has 0 bridgehead atoms. The zero-order valence-corrected chi connectivity index (χ0v) is 20.0. The van der Waals surface area contributed by atoms with Gasteiger partial charge in [-0.1, -0.05) is 37.8 Å². The Labute approximate surface area is 190 Å². The van der Waals surface area contributed by atoms with Gasteiger partial charge in [-0.15, -0.1) is 0 Å². The van der Waals surface area contributed by atoms with Crippen molar-refractivity contribution in [1.29, 1.82) is 0 Å². The van der Waals surface area contributed by atoms with Gasteiger partial charge in [0.05, 0.1) is 0 Å². The Morgan fingerprint density at radius 3 is 1.94 bits per heavy atom. The van der Waals surface area contributed by atoms with Gasteiger partial charge >= 0.3 is 0 Å². The minimum Gasteiger partial charge on any atom is -0.343 e. The first kappa shape index (κ1) is 27.3. The summed E-state index contributed by atoms with van der Waals surface area (Å²) in [5.74, 6) is -0.193. The molecule has 0 aliphatic carbocycles. The molecule has 0 atom stereocenters. The second-order valence-electron chi connectivity index (χ2n) is 8.75. The lowest BCUT2D eigenvalue weighted by molar-refractivity contribution is -0.136. The van der Waals surface area contributed by atoms with E-state index in [1.807, 2.05) is 4.90 Å². The van der Waals surface area contributed by atoms with E-state index in [-0.39, 0.29) is 11.8 Å². The zero-order valence-electron chi connectivity index (χ0n) is 20.0. The van der Waals surface area contributed by atoms with Crippen molar-refractivity contribution in [3.8, 4) is 0 Å². The van der Waals surface area contributed by atoms with Crippen LogP contribution in [0.25, 0.3) is 0 Å². The summed E-state index contributed by atoms with van der Waals surface area (Å²) in [5.41, 5.74) is 0. The highest BCUT2D eigenvalue weighted by atomic mass is 16.2. The predicted molar refractivity (Wildman–Crippen MR) is 127 cm³/mol. The molecule has 0 aromatic heterocycles. The van der Waals surface area contributed by atoms with Crippen LogP contribution < -0.4 is 0 Å². The number of hydrogen-bond acceptors (Lipinski definition) is 4. The number of amides is 3. The zero-order chi connectivity index (χ0) is 22.7. The lowest BCUT2D eigenvalue weighted by atomic mass is 10.1. The molecule has 31 heavy (non-hydrogen) atoms. The average Bonchev–Trinajstić information content (AvgIpc) is 2.75. The summed E-state index contributed by atoms with van der Waals surface area (Å²) in [6.45, 7) is 7.98. The molecule has 1 heterocycles. The van der Waals surface area contributed by atoms with E-state index in [2.05, 4.69) is 17.1 Å². The van der Waals surface area contributed by atoms with Gasteiger partial charge in [-0.25, -0.2) is 0 Å². The summed E-state index contributed by atoms with van der Waals surface area (Å²) in [7, 11) is 0. The van der Waals surface area contributed by atoms with Crippen molar-refractivity contribution in [2.75, 3.05) is 39.3 Å². The third kappa shape index (κ3) is 14.1. The molecule has 0 aromatic rings. The largest absolute Gasteiger partial charge is 0.343 e. The Morgan fingerprint density at radius 2 is 1.32 bits per heavy atom. The lowest BCUT2D eigenvalue weighted by Gasteiger charge is -2.26. The molecule has 1 aliphatic heterocycles. The predicted octanol–water partition coefficient (Wildman–Crippen LogP) is 4.39. The number of carbonyl (C=O) groups excluding carboxylic acids is 3. The summed E-state index contributed by atoms with van der Waals surface area (Å²) in [4.78, 5) is 39.8. The topological polar surface area (TPSA) is 60.9 Å². The molecular weight excluding hydrogens is 390 g/mol. The monoisotopic (exact) mass is 435 g/mol. The maximum Gasteiger partial charge on any atom is 0.225 e. The smallest absolute Gasteiger partial charge is 0.225 e. The molecule has 0 aromatic carbocycles.